The highest BCUT2D eigenvalue weighted by Gasteiger charge is 2.41. The van der Waals surface area contributed by atoms with Gasteiger partial charge in [-0.15, -0.1) is 11.3 Å². The summed E-state index contributed by atoms with van der Waals surface area (Å²) in [7, 11) is -3.04. The average molecular weight is 415 g/mol. The van der Waals surface area contributed by atoms with Crippen molar-refractivity contribution in [1.82, 2.24) is 9.88 Å². The number of nitrogens with zero attached hydrogens (tertiary/aromatic N) is 2. The van der Waals surface area contributed by atoms with E-state index in [0.717, 1.165) is 20.8 Å². The van der Waals surface area contributed by atoms with Crippen LogP contribution in [0, 0.1) is 0 Å². The maximum Gasteiger partial charge on any atom is 0.233 e. The van der Waals surface area contributed by atoms with Gasteiger partial charge in [-0.3, -0.25) is 4.79 Å². The third-order valence-electron chi connectivity index (χ3n) is 5.36. The van der Waals surface area contributed by atoms with Gasteiger partial charge in [-0.25, -0.2) is 13.4 Å². The highest BCUT2D eigenvalue weighted by Crippen LogP contribution is 2.34. The largest absolute Gasteiger partial charge is 0.340 e. The van der Waals surface area contributed by atoms with Crippen LogP contribution in [0.15, 0.2) is 54.6 Å². The van der Waals surface area contributed by atoms with Crippen LogP contribution in [0.3, 0.4) is 0 Å². The SMILES string of the molecule is CC(Cc1nc2ccccc2s1)(C(=O)N1CCS(=O)(=O)CC1)c1ccccc1. The smallest absolute Gasteiger partial charge is 0.233 e. The summed E-state index contributed by atoms with van der Waals surface area (Å²) in [5.74, 6) is 0.0306. The molecule has 2 aromatic carbocycles. The predicted octanol–water partition coefficient (Wildman–Crippen LogP) is 3.05. The molecule has 1 aliphatic heterocycles. The summed E-state index contributed by atoms with van der Waals surface area (Å²) < 4.78 is 24.7. The van der Waals surface area contributed by atoms with Crippen LogP contribution in [0.25, 0.3) is 10.2 Å². The Bertz CT molecular complexity index is 1060. The maximum atomic E-state index is 13.6. The number of sulfone groups is 1. The van der Waals surface area contributed by atoms with Crippen LogP contribution in [0.5, 0.6) is 0 Å². The molecule has 0 N–H and O–H groups in total. The zero-order valence-electron chi connectivity index (χ0n) is 15.7. The molecular formula is C21H22N2O3S2. The van der Waals surface area contributed by atoms with Gasteiger partial charge in [-0.2, -0.15) is 0 Å². The van der Waals surface area contributed by atoms with Crippen molar-refractivity contribution in [1.29, 1.82) is 0 Å². The van der Waals surface area contributed by atoms with Crippen LogP contribution in [0.2, 0.25) is 0 Å². The van der Waals surface area contributed by atoms with E-state index in [1.54, 1.807) is 16.2 Å². The quantitative estimate of drug-likeness (QED) is 0.658. The monoisotopic (exact) mass is 414 g/mol. The van der Waals surface area contributed by atoms with E-state index in [9.17, 15) is 13.2 Å². The lowest BCUT2D eigenvalue weighted by atomic mass is 9.78. The van der Waals surface area contributed by atoms with Gasteiger partial charge in [0, 0.05) is 19.5 Å². The average Bonchev–Trinajstić information content (AvgIpc) is 3.10. The number of benzene rings is 2. The fourth-order valence-corrected chi connectivity index (χ4v) is 5.99. The second-order valence-electron chi connectivity index (χ2n) is 7.39. The predicted molar refractivity (Wildman–Crippen MR) is 112 cm³/mol. The summed E-state index contributed by atoms with van der Waals surface area (Å²) in [4.78, 5) is 20.0. The first-order chi connectivity index (χ1) is 13.4. The second kappa shape index (κ2) is 7.29. The van der Waals surface area contributed by atoms with Crippen molar-refractivity contribution in [3.05, 3.63) is 65.2 Å². The number of carbonyl (C=O) groups excluding carboxylic acids is 1. The minimum absolute atomic E-state index is 0.0325. The van der Waals surface area contributed by atoms with Crippen LogP contribution in [0.1, 0.15) is 17.5 Å². The Morgan fingerprint density at radius 1 is 1.07 bits per heavy atom. The van der Waals surface area contributed by atoms with Gasteiger partial charge < -0.3 is 4.90 Å². The van der Waals surface area contributed by atoms with Crippen molar-refractivity contribution in [3.8, 4) is 0 Å². The zero-order valence-corrected chi connectivity index (χ0v) is 17.3. The van der Waals surface area contributed by atoms with E-state index in [1.807, 2.05) is 61.5 Å². The summed E-state index contributed by atoms with van der Waals surface area (Å²) in [6.07, 6.45) is 0.485. The van der Waals surface area contributed by atoms with Gasteiger partial charge in [-0.05, 0) is 24.6 Å². The lowest BCUT2D eigenvalue weighted by Crippen LogP contribution is -2.52. The first-order valence-corrected chi connectivity index (χ1v) is 11.9. The Kier molecular flexibility index (Phi) is 4.97. The molecule has 146 valence electrons. The van der Waals surface area contributed by atoms with Gasteiger partial charge in [-0.1, -0.05) is 42.5 Å². The van der Waals surface area contributed by atoms with Gasteiger partial charge in [0.05, 0.1) is 32.1 Å². The van der Waals surface area contributed by atoms with Crippen molar-refractivity contribution in [2.45, 2.75) is 18.8 Å². The Morgan fingerprint density at radius 3 is 2.39 bits per heavy atom. The first kappa shape index (κ1) is 19.1. The summed E-state index contributed by atoms with van der Waals surface area (Å²) in [6.45, 7) is 2.45. The number of fused-ring (bicyclic) bond motifs is 1. The highest BCUT2D eigenvalue weighted by molar-refractivity contribution is 7.91. The number of rotatable bonds is 4. The van der Waals surface area contributed by atoms with Crippen molar-refractivity contribution in [3.63, 3.8) is 0 Å². The second-order valence-corrected chi connectivity index (χ2v) is 10.8. The zero-order chi connectivity index (χ0) is 19.8. The molecule has 0 aliphatic carbocycles. The van der Waals surface area contributed by atoms with Gasteiger partial charge >= 0.3 is 0 Å². The molecule has 1 amide bonds. The molecule has 5 nitrogen and oxygen atoms in total. The Balaban J connectivity index is 1.69. The number of thiazole rings is 1. The summed E-state index contributed by atoms with van der Waals surface area (Å²) in [5, 5.41) is 0.908. The molecular weight excluding hydrogens is 392 g/mol. The maximum absolute atomic E-state index is 13.6. The van der Waals surface area contributed by atoms with Crippen molar-refractivity contribution < 1.29 is 13.2 Å². The van der Waals surface area contributed by atoms with Crippen LogP contribution in [0.4, 0.5) is 0 Å². The number of para-hydroxylation sites is 1. The topological polar surface area (TPSA) is 67.3 Å². The number of hydrogen-bond acceptors (Lipinski definition) is 5. The minimum Gasteiger partial charge on any atom is -0.340 e. The van der Waals surface area contributed by atoms with Crippen molar-refractivity contribution in [2.75, 3.05) is 24.6 Å². The fraction of sp³-hybridized carbons (Fsp3) is 0.333. The summed E-state index contributed by atoms with van der Waals surface area (Å²) >= 11 is 1.60. The van der Waals surface area contributed by atoms with E-state index in [0.29, 0.717) is 6.42 Å². The molecule has 1 aromatic heterocycles. The van der Waals surface area contributed by atoms with Crippen LogP contribution in [-0.4, -0.2) is 48.8 Å². The van der Waals surface area contributed by atoms with Crippen molar-refractivity contribution >= 4 is 37.3 Å². The summed E-state index contributed by atoms with van der Waals surface area (Å²) in [6, 6.07) is 17.7. The number of aromatic nitrogens is 1. The third kappa shape index (κ3) is 3.69. The molecule has 3 aromatic rings. The Labute approximate surface area is 168 Å². The Hall–Kier alpha value is -2.25. The lowest BCUT2D eigenvalue weighted by Gasteiger charge is -2.36. The van der Waals surface area contributed by atoms with Gasteiger partial charge in [0.25, 0.3) is 0 Å². The van der Waals surface area contributed by atoms with E-state index >= 15 is 0 Å². The van der Waals surface area contributed by atoms with E-state index < -0.39 is 15.3 Å². The number of carbonyl (C=O) groups is 1. The van der Waals surface area contributed by atoms with Crippen LogP contribution >= 0.6 is 11.3 Å². The highest BCUT2D eigenvalue weighted by atomic mass is 32.2. The summed E-state index contributed by atoms with van der Waals surface area (Å²) in [5.41, 5.74) is 1.07. The van der Waals surface area contributed by atoms with Crippen LogP contribution < -0.4 is 0 Å². The normalized spacial score (nSPS) is 18.7. The molecule has 1 unspecified atom stereocenters. The Morgan fingerprint density at radius 2 is 1.71 bits per heavy atom. The molecule has 1 aliphatic rings. The van der Waals surface area contributed by atoms with E-state index in [2.05, 4.69) is 0 Å². The van der Waals surface area contributed by atoms with Crippen molar-refractivity contribution in [2.24, 2.45) is 0 Å². The number of amides is 1. The molecule has 1 fully saturated rings. The van der Waals surface area contributed by atoms with Gasteiger partial charge in [0.1, 0.15) is 0 Å². The standard InChI is InChI=1S/C21H22N2O3S2/c1-21(16-7-3-2-4-8-16,20(24)23-11-13-28(25,26)14-12-23)15-19-22-17-9-5-6-10-18(17)27-19/h2-10H,11-15H2,1H3. The molecule has 1 saturated heterocycles. The molecule has 2 heterocycles. The van der Waals surface area contributed by atoms with E-state index in [4.69, 9.17) is 4.98 Å². The number of hydrogen-bond donors (Lipinski definition) is 0. The fourth-order valence-electron chi connectivity index (χ4n) is 3.67. The molecule has 4 rings (SSSR count). The molecule has 28 heavy (non-hydrogen) atoms. The van der Waals surface area contributed by atoms with Gasteiger partial charge in [0.2, 0.25) is 5.91 Å². The van der Waals surface area contributed by atoms with E-state index in [1.165, 1.54) is 0 Å². The molecule has 1 atom stereocenters. The van der Waals surface area contributed by atoms with Crippen LogP contribution in [-0.2, 0) is 26.5 Å². The first-order valence-electron chi connectivity index (χ1n) is 9.27. The van der Waals surface area contributed by atoms with Gasteiger partial charge in [0.15, 0.2) is 9.84 Å². The molecule has 0 saturated carbocycles. The molecule has 0 radical (unpaired) electrons. The van der Waals surface area contributed by atoms with E-state index in [-0.39, 0.29) is 30.5 Å². The molecule has 0 bridgehead atoms. The molecule has 0 spiro atoms. The minimum atomic E-state index is -3.04. The molecule has 7 heteroatoms. The lowest BCUT2D eigenvalue weighted by molar-refractivity contribution is -0.136. The third-order valence-corrected chi connectivity index (χ3v) is 8.00.